The maximum atomic E-state index is 12.2. The molecule has 3 N–H and O–H groups in total. The molecule has 0 radical (unpaired) electrons. The largest absolute Gasteiger partial charge is 0.399 e. The smallest absolute Gasteiger partial charge is 0.244 e. The lowest BCUT2D eigenvalue weighted by molar-refractivity contribution is -0.0426. The van der Waals surface area contributed by atoms with Crippen LogP contribution in [-0.4, -0.2) is 36.5 Å². The topological polar surface area (TPSA) is 83.6 Å². The lowest BCUT2D eigenvalue weighted by atomic mass is 10.0. The molecular formula is C10H13BrN2O3S. The van der Waals surface area contributed by atoms with E-state index in [0.717, 1.165) is 0 Å². The van der Waals surface area contributed by atoms with Gasteiger partial charge in [-0.15, -0.1) is 0 Å². The second-order valence-corrected chi connectivity index (χ2v) is 7.22. The fourth-order valence-electron chi connectivity index (χ4n) is 1.75. The van der Waals surface area contributed by atoms with Crippen molar-refractivity contribution >= 4 is 31.6 Å². The lowest BCUT2D eigenvalue weighted by Gasteiger charge is -2.42. The van der Waals surface area contributed by atoms with Gasteiger partial charge in [0, 0.05) is 23.2 Å². The predicted molar refractivity (Wildman–Crippen MR) is 67.9 cm³/mol. The number of nitrogens with zero attached hydrogens (tertiary/aromatic N) is 1. The van der Waals surface area contributed by atoms with E-state index < -0.39 is 15.6 Å². The molecule has 0 amide bonds. The molecule has 0 spiro atoms. The summed E-state index contributed by atoms with van der Waals surface area (Å²) in [7, 11) is -3.55. The number of halogens is 1. The second kappa shape index (κ2) is 3.94. The summed E-state index contributed by atoms with van der Waals surface area (Å²) in [6.07, 6.45) is 0. The Morgan fingerprint density at radius 2 is 2.06 bits per heavy atom. The Morgan fingerprint density at radius 3 is 2.53 bits per heavy atom. The Bertz CT molecular complexity index is 549. The summed E-state index contributed by atoms with van der Waals surface area (Å²) >= 11 is 3.18. The minimum Gasteiger partial charge on any atom is -0.399 e. The summed E-state index contributed by atoms with van der Waals surface area (Å²) < 4.78 is 26.0. The number of nitrogen functional groups attached to an aromatic ring is 1. The highest BCUT2D eigenvalue weighted by Crippen LogP contribution is 2.32. The zero-order chi connectivity index (χ0) is 12.8. The Hall–Kier alpha value is -0.630. The zero-order valence-electron chi connectivity index (χ0n) is 9.22. The summed E-state index contributed by atoms with van der Waals surface area (Å²) in [6.45, 7) is 1.84. The molecule has 1 aliphatic heterocycles. The molecule has 1 aliphatic rings. The van der Waals surface area contributed by atoms with Crippen molar-refractivity contribution in [2.75, 3.05) is 18.8 Å². The first-order valence-electron chi connectivity index (χ1n) is 5.00. The maximum absolute atomic E-state index is 12.2. The predicted octanol–water partition coefficient (Wildman–Crippen LogP) is 0.787. The van der Waals surface area contributed by atoms with E-state index >= 15 is 0 Å². The van der Waals surface area contributed by atoms with Gasteiger partial charge in [-0.25, -0.2) is 8.42 Å². The maximum Gasteiger partial charge on any atom is 0.244 e. The number of hydrogen-bond acceptors (Lipinski definition) is 4. The average molecular weight is 321 g/mol. The molecule has 0 aliphatic carbocycles. The van der Waals surface area contributed by atoms with Crippen LogP contribution >= 0.6 is 15.9 Å². The van der Waals surface area contributed by atoms with Gasteiger partial charge in [0.25, 0.3) is 0 Å². The van der Waals surface area contributed by atoms with Crippen LogP contribution in [0, 0.1) is 0 Å². The molecule has 1 fully saturated rings. The molecule has 0 unspecified atom stereocenters. The van der Waals surface area contributed by atoms with E-state index in [-0.39, 0.29) is 18.0 Å². The molecule has 0 atom stereocenters. The van der Waals surface area contributed by atoms with E-state index in [2.05, 4.69) is 15.9 Å². The number of benzene rings is 1. The molecule has 1 aromatic rings. The normalized spacial score (nSPS) is 19.9. The first-order chi connectivity index (χ1) is 7.72. The van der Waals surface area contributed by atoms with Crippen LogP contribution in [-0.2, 0) is 10.0 Å². The van der Waals surface area contributed by atoms with Gasteiger partial charge in [0.15, 0.2) is 0 Å². The minimum absolute atomic E-state index is 0.117. The highest BCUT2D eigenvalue weighted by Gasteiger charge is 2.44. The first-order valence-corrected chi connectivity index (χ1v) is 7.23. The van der Waals surface area contributed by atoms with E-state index in [1.807, 2.05) is 0 Å². The van der Waals surface area contributed by atoms with Gasteiger partial charge in [-0.3, -0.25) is 0 Å². The van der Waals surface area contributed by atoms with Crippen molar-refractivity contribution < 1.29 is 13.5 Å². The Morgan fingerprint density at radius 1 is 1.47 bits per heavy atom. The lowest BCUT2D eigenvalue weighted by Crippen LogP contribution is -2.61. The number of anilines is 1. The van der Waals surface area contributed by atoms with Crippen LogP contribution in [0.25, 0.3) is 0 Å². The summed E-state index contributed by atoms with van der Waals surface area (Å²) in [6, 6.07) is 4.54. The number of hydrogen-bond donors (Lipinski definition) is 2. The third-order valence-corrected chi connectivity index (χ3v) is 5.38. The van der Waals surface area contributed by atoms with Crippen LogP contribution in [0.15, 0.2) is 27.6 Å². The number of aliphatic hydroxyl groups is 1. The molecule has 1 heterocycles. The average Bonchev–Trinajstić information content (AvgIpc) is 2.13. The molecule has 17 heavy (non-hydrogen) atoms. The summed E-state index contributed by atoms with van der Waals surface area (Å²) in [5.41, 5.74) is 5.13. The van der Waals surface area contributed by atoms with Crippen molar-refractivity contribution in [3.8, 4) is 0 Å². The standard InChI is InChI=1S/C10H13BrN2O3S/c1-10(14)5-13(6-10)17(15,16)9-3-2-7(12)4-8(9)11/h2-4,14H,5-6,12H2,1H3. The van der Waals surface area contributed by atoms with Gasteiger partial charge in [0.1, 0.15) is 0 Å². The fourth-order valence-corrected chi connectivity index (χ4v) is 4.48. The number of sulfonamides is 1. The molecule has 0 bridgehead atoms. The molecular weight excluding hydrogens is 308 g/mol. The van der Waals surface area contributed by atoms with Gasteiger partial charge in [0.2, 0.25) is 10.0 Å². The monoisotopic (exact) mass is 320 g/mol. The summed E-state index contributed by atoms with van der Waals surface area (Å²) in [5, 5.41) is 9.57. The van der Waals surface area contributed by atoms with Crippen LogP contribution in [0.1, 0.15) is 6.92 Å². The molecule has 1 saturated heterocycles. The molecule has 0 aromatic heterocycles. The summed E-state index contributed by atoms with van der Waals surface area (Å²) in [5.74, 6) is 0. The second-order valence-electron chi connectivity index (χ2n) is 4.46. The van der Waals surface area contributed by atoms with Crippen molar-refractivity contribution in [1.82, 2.24) is 4.31 Å². The van der Waals surface area contributed by atoms with E-state index in [1.54, 1.807) is 13.0 Å². The van der Waals surface area contributed by atoms with Gasteiger partial charge in [-0.05, 0) is 41.1 Å². The van der Waals surface area contributed by atoms with Crippen LogP contribution in [0.3, 0.4) is 0 Å². The van der Waals surface area contributed by atoms with E-state index in [1.165, 1.54) is 16.4 Å². The van der Waals surface area contributed by atoms with Gasteiger partial charge in [-0.2, -0.15) is 4.31 Å². The van der Waals surface area contributed by atoms with Gasteiger partial charge in [0.05, 0.1) is 10.5 Å². The highest BCUT2D eigenvalue weighted by molar-refractivity contribution is 9.10. The van der Waals surface area contributed by atoms with Crippen molar-refractivity contribution in [3.63, 3.8) is 0 Å². The van der Waals surface area contributed by atoms with Crippen LogP contribution < -0.4 is 5.73 Å². The van der Waals surface area contributed by atoms with Crippen molar-refractivity contribution in [2.45, 2.75) is 17.4 Å². The van der Waals surface area contributed by atoms with E-state index in [0.29, 0.717) is 10.2 Å². The SMILES string of the molecule is CC1(O)CN(S(=O)(=O)c2ccc(N)cc2Br)C1. The number of rotatable bonds is 2. The quantitative estimate of drug-likeness (QED) is 0.789. The van der Waals surface area contributed by atoms with Gasteiger partial charge < -0.3 is 10.8 Å². The van der Waals surface area contributed by atoms with Gasteiger partial charge in [-0.1, -0.05) is 0 Å². The van der Waals surface area contributed by atoms with Crippen LogP contribution in [0.2, 0.25) is 0 Å². The minimum atomic E-state index is -3.55. The van der Waals surface area contributed by atoms with E-state index in [4.69, 9.17) is 5.73 Å². The third-order valence-electron chi connectivity index (χ3n) is 2.61. The van der Waals surface area contributed by atoms with Crippen molar-refractivity contribution in [3.05, 3.63) is 22.7 Å². The van der Waals surface area contributed by atoms with Crippen molar-refractivity contribution in [1.29, 1.82) is 0 Å². The Kier molecular flexibility index (Phi) is 2.97. The first kappa shape index (κ1) is 12.8. The fraction of sp³-hybridized carbons (Fsp3) is 0.400. The molecule has 94 valence electrons. The summed E-state index contributed by atoms with van der Waals surface area (Å²) in [4.78, 5) is 0.169. The zero-order valence-corrected chi connectivity index (χ0v) is 11.6. The molecule has 7 heteroatoms. The molecule has 5 nitrogen and oxygen atoms in total. The number of β-amino-alcohol motifs (C(OH)–C–C–N with tert-alkyl or cyclic N) is 1. The van der Waals surface area contributed by atoms with Gasteiger partial charge >= 0.3 is 0 Å². The Balaban J connectivity index is 2.34. The highest BCUT2D eigenvalue weighted by atomic mass is 79.9. The van der Waals surface area contributed by atoms with Crippen LogP contribution in [0.5, 0.6) is 0 Å². The third kappa shape index (κ3) is 2.33. The molecule has 2 rings (SSSR count). The molecule has 1 aromatic carbocycles. The molecule has 0 saturated carbocycles. The van der Waals surface area contributed by atoms with Crippen molar-refractivity contribution in [2.24, 2.45) is 0 Å². The van der Waals surface area contributed by atoms with E-state index in [9.17, 15) is 13.5 Å². The van der Waals surface area contributed by atoms with Crippen LogP contribution in [0.4, 0.5) is 5.69 Å². The Labute approximate surface area is 108 Å². The number of nitrogens with two attached hydrogens (primary N) is 1.